The van der Waals surface area contributed by atoms with Gasteiger partial charge in [-0.2, -0.15) is 0 Å². The second-order valence-corrected chi connectivity index (χ2v) is 8.98. The molecule has 1 unspecified atom stereocenters. The summed E-state index contributed by atoms with van der Waals surface area (Å²) >= 11 is 1.13. The van der Waals surface area contributed by atoms with E-state index in [0.29, 0.717) is 30.4 Å². The number of aromatic nitrogens is 2. The predicted molar refractivity (Wildman–Crippen MR) is 140 cm³/mol. The first-order valence-electron chi connectivity index (χ1n) is 11.9. The van der Waals surface area contributed by atoms with Crippen molar-refractivity contribution in [3.63, 3.8) is 0 Å². The number of methoxy groups -OCH3 is 1. The lowest BCUT2D eigenvalue weighted by Crippen LogP contribution is -2.31. The minimum absolute atomic E-state index is 0.195. The van der Waals surface area contributed by atoms with Gasteiger partial charge in [0.05, 0.1) is 32.0 Å². The molecular formula is C26H27F3N4O6S. The Balaban J connectivity index is 1.66. The Morgan fingerprint density at radius 1 is 0.950 bits per heavy atom. The number of halogens is 3. The summed E-state index contributed by atoms with van der Waals surface area (Å²) in [7, 11) is 1.57. The van der Waals surface area contributed by atoms with Crippen LogP contribution < -0.4 is 15.4 Å². The van der Waals surface area contributed by atoms with Crippen molar-refractivity contribution in [1.29, 1.82) is 0 Å². The molecule has 10 nitrogen and oxygen atoms in total. The molecule has 214 valence electrons. The largest absolute Gasteiger partial charge is 0.573 e. The summed E-state index contributed by atoms with van der Waals surface area (Å²) in [6.07, 6.45) is -0.180. The number of ether oxygens (including phenoxy) is 4. The number of carbonyl (C=O) groups excluding carboxylic acids is 2. The van der Waals surface area contributed by atoms with E-state index in [1.807, 2.05) is 0 Å². The Labute approximate surface area is 232 Å². The number of rotatable bonds is 15. The maximum atomic E-state index is 13.0. The minimum Gasteiger partial charge on any atom is -0.406 e. The highest BCUT2D eigenvalue weighted by molar-refractivity contribution is 7.99. The van der Waals surface area contributed by atoms with Crippen LogP contribution >= 0.6 is 11.8 Å². The molecule has 40 heavy (non-hydrogen) atoms. The SMILES string of the molecule is COCCOCCOCC(=O)NC(Sc1ncccc1C(=O)Nc1ccc(OC(F)(F)F)cc1)c1ccncc1. The summed E-state index contributed by atoms with van der Waals surface area (Å²) in [5, 5.41) is 5.17. The monoisotopic (exact) mass is 580 g/mol. The molecule has 3 rings (SSSR count). The first-order valence-corrected chi connectivity index (χ1v) is 12.8. The first kappa shape index (κ1) is 30.8. The number of nitrogens with zero attached hydrogens (tertiary/aromatic N) is 2. The second kappa shape index (κ2) is 15.8. The molecule has 0 spiro atoms. The van der Waals surface area contributed by atoms with Crippen LogP contribution in [0.3, 0.4) is 0 Å². The number of thioether (sulfide) groups is 1. The molecule has 2 aromatic heterocycles. The highest BCUT2D eigenvalue weighted by Crippen LogP contribution is 2.34. The molecule has 2 N–H and O–H groups in total. The Hall–Kier alpha value is -3.72. The molecule has 0 saturated heterocycles. The first-order chi connectivity index (χ1) is 19.2. The molecule has 3 aromatic rings. The van der Waals surface area contributed by atoms with E-state index in [1.54, 1.807) is 43.8 Å². The molecule has 1 atom stereocenters. The standard InChI is InChI=1S/C26H27F3N4O6S/c1-36-13-14-37-15-16-38-17-22(34)33-24(18-8-11-30-12-9-18)40-25-21(3-2-10-31-25)23(35)32-19-4-6-20(7-5-19)39-26(27,28)29/h2-12,24H,13-17H2,1H3,(H,32,35)(H,33,34). The van der Waals surface area contributed by atoms with Crippen LogP contribution in [-0.2, 0) is 19.0 Å². The lowest BCUT2D eigenvalue weighted by Gasteiger charge is -2.19. The highest BCUT2D eigenvalue weighted by atomic mass is 32.2. The van der Waals surface area contributed by atoms with E-state index in [2.05, 4.69) is 25.3 Å². The number of amides is 2. The van der Waals surface area contributed by atoms with Crippen LogP contribution in [0.2, 0.25) is 0 Å². The molecule has 0 fully saturated rings. The third-order valence-electron chi connectivity index (χ3n) is 4.93. The van der Waals surface area contributed by atoms with Gasteiger partial charge in [-0.15, -0.1) is 13.2 Å². The van der Waals surface area contributed by atoms with Crippen molar-refractivity contribution in [2.75, 3.05) is 45.5 Å². The number of nitrogens with one attached hydrogen (secondary N) is 2. The molecule has 0 radical (unpaired) electrons. The zero-order valence-corrected chi connectivity index (χ0v) is 22.2. The number of carbonyl (C=O) groups is 2. The molecule has 2 amide bonds. The van der Waals surface area contributed by atoms with Gasteiger partial charge in [-0.3, -0.25) is 14.6 Å². The van der Waals surface area contributed by atoms with E-state index in [9.17, 15) is 22.8 Å². The quantitative estimate of drug-likeness (QED) is 0.155. The molecule has 0 saturated carbocycles. The van der Waals surface area contributed by atoms with E-state index in [0.717, 1.165) is 23.9 Å². The van der Waals surface area contributed by atoms with Crippen LogP contribution in [0.15, 0.2) is 72.1 Å². The summed E-state index contributed by atoms with van der Waals surface area (Å²) in [4.78, 5) is 34.0. The van der Waals surface area contributed by atoms with Gasteiger partial charge in [0.2, 0.25) is 5.91 Å². The van der Waals surface area contributed by atoms with Crippen LogP contribution in [0.25, 0.3) is 0 Å². The maximum absolute atomic E-state index is 13.0. The van der Waals surface area contributed by atoms with Crippen molar-refractivity contribution in [3.8, 4) is 5.75 Å². The number of pyridine rings is 2. The van der Waals surface area contributed by atoms with E-state index in [4.69, 9.17) is 14.2 Å². The molecule has 0 aliphatic heterocycles. The fourth-order valence-electron chi connectivity index (χ4n) is 3.14. The van der Waals surface area contributed by atoms with Gasteiger partial charge in [-0.25, -0.2) is 4.98 Å². The second-order valence-electron chi connectivity index (χ2n) is 7.89. The Kier molecular flexibility index (Phi) is 12.1. The van der Waals surface area contributed by atoms with Crippen LogP contribution in [0.1, 0.15) is 21.3 Å². The molecule has 1 aromatic carbocycles. The van der Waals surface area contributed by atoms with Gasteiger partial charge in [0.15, 0.2) is 0 Å². The predicted octanol–water partition coefficient (Wildman–Crippen LogP) is 4.21. The van der Waals surface area contributed by atoms with Crippen LogP contribution in [0.4, 0.5) is 18.9 Å². The number of hydrogen-bond donors (Lipinski definition) is 2. The van der Waals surface area contributed by atoms with Crippen molar-refractivity contribution < 1.29 is 41.7 Å². The molecule has 14 heteroatoms. The van der Waals surface area contributed by atoms with Crippen molar-refractivity contribution in [3.05, 3.63) is 78.2 Å². The summed E-state index contributed by atoms with van der Waals surface area (Å²) in [5.41, 5.74) is 1.15. The summed E-state index contributed by atoms with van der Waals surface area (Å²) in [6.45, 7) is 1.20. The average molecular weight is 581 g/mol. The van der Waals surface area contributed by atoms with Crippen molar-refractivity contribution in [2.45, 2.75) is 16.8 Å². The zero-order valence-electron chi connectivity index (χ0n) is 21.3. The fourth-order valence-corrected chi connectivity index (χ4v) is 4.26. The molecular weight excluding hydrogens is 553 g/mol. The fraction of sp³-hybridized carbons (Fsp3) is 0.308. The Morgan fingerprint density at radius 3 is 2.35 bits per heavy atom. The van der Waals surface area contributed by atoms with Crippen molar-refractivity contribution >= 4 is 29.3 Å². The molecule has 0 aliphatic rings. The van der Waals surface area contributed by atoms with Crippen LogP contribution in [-0.4, -0.2) is 68.3 Å². The third kappa shape index (κ3) is 10.8. The number of anilines is 1. The number of benzene rings is 1. The Morgan fingerprint density at radius 2 is 1.65 bits per heavy atom. The van der Waals surface area contributed by atoms with Crippen LogP contribution in [0.5, 0.6) is 5.75 Å². The van der Waals surface area contributed by atoms with Gasteiger partial charge in [-0.05, 0) is 54.1 Å². The van der Waals surface area contributed by atoms with Crippen LogP contribution in [0, 0.1) is 0 Å². The summed E-state index contributed by atoms with van der Waals surface area (Å²) in [6, 6.07) is 11.3. The lowest BCUT2D eigenvalue weighted by molar-refractivity contribution is -0.274. The highest BCUT2D eigenvalue weighted by Gasteiger charge is 2.31. The molecule has 0 bridgehead atoms. The van der Waals surface area contributed by atoms with Gasteiger partial charge < -0.3 is 29.6 Å². The molecule has 0 aliphatic carbocycles. The normalized spacial score (nSPS) is 12.0. The smallest absolute Gasteiger partial charge is 0.406 e. The average Bonchev–Trinajstić information content (AvgIpc) is 2.93. The maximum Gasteiger partial charge on any atom is 0.573 e. The van der Waals surface area contributed by atoms with E-state index >= 15 is 0 Å². The van der Waals surface area contributed by atoms with Gasteiger partial charge in [0.1, 0.15) is 22.8 Å². The van der Waals surface area contributed by atoms with Crippen molar-refractivity contribution in [1.82, 2.24) is 15.3 Å². The van der Waals surface area contributed by atoms with Gasteiger partial charge in [0, 0.05) is 31.4 Å². The van der Waals surface area contributed by atoms with Gasteiger partial charge >= 0.3 is 6.36 Å². The number of alkyl halides is 3. The van der Waals surface area contributed by atoms with Gasteiger partial charge in [-0.1, -0.05) is 11.8 Å². The van der Waals surface area contributed by atoms with E-state index < -0.39 is 29.3 Å². The summed E-state index contributed by atoms with van der Waals surface area (Å²) < 4.78 is 56.6. The lowest BCUT2D eigenvalue weighted by atomic mass is 10.2. The summed E-state index contributed by atoms with van der Waals surface area (Å²) in [5.74, 6) is -1.35. The van der Waals surface area contributed by atoms with E-state index in [-0.39, 0.29) is 24.5 Å². The minimum atomic E-state index is -4.82. The molecule has 2 heterocycles. The number of hydrogen-bond acceptors (Lipinski definition) is 9. The topological polar surface area (TPSA) is 121 Å². The Bertz CT molecular complexity index is 1220. The van der Waals surface area contributed by atoms with Gasteiger partial charge in [0.25, 0.3) is 5.91 Å². The van der Waals surface area contributed by atoms with Crippen molar-refractivity contribution in [2.24, 2.45) is 0 Å². The zero-order chi connectivity index (χ0) is 28.8. The van der Waals surface area contributed by atoms with E-state index in [1.165, 1.54) is 18.3 Å². The third-order valence-corrected chi connectivity index (χ3v) is 6.10.